The van der Waals surface area contributed by atoms with Crippen LogP contribution in [0.4, 0.5) is 0 Å². The third-order valence-electron chi connectivity index (χ3n) is 5.78. The molecule has 5 rings (SSSR count). The van der Waals surface area contributed by atoms with E-state index in [9.17, 15) is 0 Å². The second-order valence-electron chi connectivity index (χ2n) is 7.81. The minimum absolute atomic E-state index is 0.526. The molecule has 4 nitrogen and oxygen atoms in total. The van der Waals surface area contributed by atoms with E-state index in [0.29, 0.717) is 6.04 Å². The van der Waals surface area contributed by atoms with Crippen LogP contribution in [-0.2, 0) is 19.4 Å². The Morgan fingerprint density at radius 3 is 2.48 bits per heavy atom. The van der Waals surface area contributed by atoms with Gasteiger partial charge in [-0.3, -0.25) is 5.10 Å². The molecule has 0 aliphatic heterocycles. The minimum atomic E-state index is 0.526. The van der Waals surface area contributed by atoms with Crippen molar-refractivity contribution in [3.63, 3.8) is 0 Å². The molecule has 0 unspecified atom stereocenters. The SMILES string of the molecule is Cc1cc(-c2nc[nH]n2)ccc1-c1cccc(CNC2Cc3ccccc3C2)c1. The number of aromatic amines is 1. The number of hydrogen-bond donors (Lipinski definition) is 2. The first kappa shape index (κ1) is 17.8. The van der Waals surface area contributed by atoms with E-state index in [4.69, 9.17) is 0 Å². The average molecular weight is 380 g/mol. The Kier molecular flexibility index (Phi) is 4.70. The van der Waals surface area contributed by atoms with Crippen molar-refractivity contribution in [2.24, 2.45) is 0 Å². The van der Waals surface area contributed by atoms with Gasteiger partial charge < -0.3 is 5.32 Å². The maximum atomic E-state index is 4.25. The molecule has 0 radical (unpaired) electrons. The zero-order chi connectivity index (χ0) is 19.6. The fourth-order valence-electron chi connectivity index (χ4n) is 4.29. The molecule has 0 saturated carbocycles. The molecule has 1 aliphatic rings. The monoisotopic (exact) mass is 380 g/mol. The van der Waals surface area contributed by atoms with Gasteiger partial charge in [0.05, 0.1) is 0 Å². The molecule has 0 atom stereocenters. The van der Waals surface area contributed by atoms with Gasteiger partial charge in [-0.1, -0.05) is 54.6 Å². The van der Waals surface area contributed by atoms with Crippen LogP contribution in [0.5, 0.6) is 0 Å². The summed E-state index contributed by atoms with van der Waals surface area (Å²) in [6, 6.07) is 24.6. The Morgan fingerprint density at radius 1 is 0.931 bits per heavy atom. The second-order valence-corrected chi connectivity index (χ2v) is 7.81. The number of H-pyrrole nitrogens is 1. The van der Waals surface area contributed by atoms with Crippen molar-refractivity contribution in [3.05, 3.63) is 95.3 Å². The number of aryl methyl sites for hydroxylation is 1. The zero-order valence-electron chi connectivity index (χ0n) is 16.5. The maximum absolute atomic E-state index is 4.25. The smallest absolute Gasteiger partial charge is 0.180 e. The second kappa shape index (κ2) is 7.64. The molecule has 1 heterocycles. The first-order valence-corrected chi connectivity index (χ1v) is 10.1. The molecule has 0 bridgehead atoms. The minimum Gasteiger partial charge on any atom is -0.309 e. The highest BCUT2D eigenvalue weighted by Gasteiger charge is 2.20. The number of aromatic nitrogens is 3. The normalized spacial score (nSPS) is 13.6. The van der Waals surface area contributed by atoms with E-state index in [1.165, 1.54) is 33.4 Å². The number of nitrogens with zero attached hydrogens (tertiary/aromatic N) is 2. The van der Waals surface area contributed by atoms with E-state index in [1.54, 1.807) is 6.33 Å². The molecule has 4 heteroatoms. The van der Waals surface area contributed by atoms with Crippen molar-refractivity contribution < 1.29 is 0 Å². The molecule has 3 aromatic carbocycles. The van der Waals surface area contributed by atoms with Crippen LogP contribution in [-0.4, -0.2) is 21.2 Å². The van der Waals surface area contributed by atoms with Gasteiger partial charge in [-0.2, -0.15) is 5.10 Å². The van der Waals surface area contributed by atoms with Crippen LogP contribution in [0, 0.1) is 6.92 Å². The predicted molar refractivity (Wildman–Crippen MR) is 116 cm³/mol. The zero-order valence-corrected chi connectivity index (χ0v) is 16.5. The Morgan fingerprint density at radius 2 is 1.76 bits per heavy atom. The van der Waals surface area contributed by atoms with Gasteiger partial charge in [0, 0.05) is 18.2 Å². The lowest BCUT2D eigenvalue weighted by molar-refractivity contribution is 0.533. The first-order chi connectivity index (χ1) is 14.3. The molecule has 2 N–H and O–H groups in total. The van der Waals surface area contributed by atoms with Gasteiger partial charge in [-0.25, -0.2) is 4.98 Å². The summed E-state index contributed by atoms with van der Waals surface area (Å²) in [7, 11) is 0. The number of benzene rings is 3. The van der Waals surface area contributed by atoms with E-state index in [-0.39, 0.29) is 0 Å². The largest absolute Gasteiger partial charge is 0.309 e. The third-order valence-corrected chi connectivity index (χ3v) is 5.78. The summed E-state index contributed by atoms with van der Waals surface area (Å²) in [6.07, 6.45) is 3.85. The summed E-state index contributed by atoms with van der Waals surface area (Å²) in [5, 5.41) is 10.7. The highest BCUT2D eigenvalue weighted by Crippen LogP contribution is 2.28. The lowest BCUT2D eigenvalue weighted by Crippen LogP contribution is -2.28. The lowest BCUT2D eigenvalue weighted by atomic mass is 9.97. The number of rotatable bonds is 5. The van der Waals surface area contributed by atoms with Crippen molar-refractivity contribution in [2.45, 2.75) is 32.4 Å². The van der Waals surface area contributed by atoms with Gasteiger partial charge in [-0.15, -0.1) is 0 Å². The van der Waals surface area contributed by atoms with Crippen LogP contribution in [0.2, 0.25) is 0 Å². The molecule has 4 aromatic rings. The standard InChI is InChI=1S/C25H24N4/c1-17-11-22(25-27-16-28-29-25)9-10-24(17)21-8-4-5-18(12-21)15-26-23-13-19-6-2-3-7-20(19)14-23/h2-12,16,23,26H,13-15H2,1H3,(H,27,28,29). The van der Waals surface area contributed by atoms with E-state index in [2.05, 4.69) is 94.2 Å². The lowest BCUT2D eigenvalue weighted by Gasteiger charge is -2.13. The van der Waals surface area contributed by atoms with Crippen molar-refractivity contribution in [3.8, 4) is 22.5 Å². The van der Waals surface area contributed by atoms with E-state index in [1.807, 2.05) is 0 Å². The highest BCUT2D eigenvalue weighted by atomic mass is 15.2. The summed E-state index contributed by atoms with van der Waals surface area (Å²) >= 11 is 0. The summed E-state index contributed by atoms with van der Waals surface area (Å²) in [5.74, 6) is 0.732. The van der Waals surface area contributed by atoms with Crippen molar-refractivity contribution >= 4 is 0 Å². The number of fused-ring (bicyclic) bond motifs is 1. The van der Waals surface area contributed by atoms with Gasteiger partial charge in [0.1, 0.15) is 6.33 Å². The summed E-state index contributed by atoms with van der Waals surface area (Å²) in [5.41, 5.74) is 9.05. The molecule has 0 spiro atoms. The average Bonchev–Trinajstić information content (AvgIpc) is 3.42. The van der Waals surface area contributed by atoms with Crippen LogP contribution in [0.25, 0.3) is 22.5 Å². The Balaban J connectivity index is 1.30. The van der Waals surface area contributed by atoms with Crippen molar-refractivity contribution in [2.75, 3.05) is 0 Å². The molecule has 1 aliphatic carbocycles. The Bertz CT molecular complexity index is 1110. The van der Waals surface area contributed by atoms with E-state index in [0.717, 1.165) is 30.8 Å². The van der Waals surface area contributed by atoms with Crippen molar-refractivity contribution in [1.29, 1.82) is 0 Å². The van der Waals surface area contributed by atoms with Crippen LogP contribution < -0.4 is 5.32 Å². The topological polar surface area (TPSA) is 53.6 Å². The maximum Gasteiger partial charge on any atom is 0.180 e. The van der Waals surface area contributed by atoms with Gasteiger partial charge in [-0.05, 0) is 65.3 Å². The first-order valence-electron chi connectivity index (χ1n) is 10.1. The molecular weight excluding hydrogens is 356 g/mol. The summed E-state index contributed by atoms with van der Waals surface area (Å²) in [6.45, 7) is 3.03. The van der Waals surface area contributed by atoms with Gasteiger partial charge in [0.15, 0.2) is 5.82 Å². The molecule has 0 saturated heterocycles. The highest BCUT2D eigenvalue weighted by molar-refractivity contribution is 5.71. The van der Waals surface area contributed by atoms with Gasteiger partial charge in [0.2, 0.25) is 0 Å². The van der Waals surface area contributed by atoms with Crippen LogP contribution in [0.15, 0.2) is 73.1 Å². The van der Waals surface area contributed by atoms with Crippen LogP contribution in [0.1, 0.15) is 22.3 Å². The van der Waals surface area contributed by atoms with Crippen LogP contribution in [0.3, 0.4) is 0 Å². The number of nitrogens with one attached hydrogen (secondary N) is 2. The summed E-state index contributed by atoms with van der Waals surface area (Å²) < 4.78 is 0. The molecule has 0 fully saturated rings. The summed E-state index contributed by atoms with van der Waals surface area (Å²) in [4.78, 5) is 4.25. The molecule has 0 amide bonds. The van der Waals surface area contributed by atoms with Crippen molar-refractivity contribution in [1.82, 2.24) is 20.5 Å². The Hall–Kier alpha value is -3.24. The molecule has 29 heavy (non-hydrogen) atoms. The Labute approximate surface area is 171 Å². The molecule has 1 aromatic heterocycles. The quantitative estimate of drug-likeness (QED) is 0.527. The van der Waals surface area contributed by atoms with Gasteiger partial charge >= 0.3 is 0 Å². The predicted octanol–water partition coefficient (Wildman–Crippen LogP) is 4.70. The molecular formula is C25H24N4. The third kappa shape index (κ3) is 3.71. The fourth-order valence-corrected chi connectivity index (χ4v) is 4.29. The van der Waals surface area contributed by atoms with E-state index < -0.39 is 0 Å². The number of hydrogen-bond acceptors (Lipinski definition) is 3. The fraction of sp³-hybridized carbons (Fsp3) is 0.200. The van der Waals surface area contributed by atoms with Gasteiger partial charge in [0.25, 0.3) is 0 Å². The van der Waals surface area contributed by atoms with E-state index >= 15 is 0 Å². The van der Waals surface area contributed by atoms with Crippen LogP contribution >= 0.6 is 0 Å². The molecule has 144 valence electrons.